The quantitative estimate of drug-likeness (QED) is 0.752. The summed E-state index contributed by atoms with van der Waals surface area (Å²) in [6.07, 6.45) is 3.97. The second-order valence-electron chi connectivity index (χ2n) is 7.35. The minimum Gasteiger partial charge on any atom is -0.482 e. The Morgan fingerprint density at radius 3 is 2.79 bits per heavy atom. The third kappa shape index (κ3) is 3.78. The normalized spacial score (nSPS) is 17.2. The highest BCUT2D eigenvalue weighted by Gasteiger charge is 2.36. The largest absolute Gasteiger partial charge is 0.482 e. The van der Waals surface area contributed by atoms with Crippen molar-refractivity contribution in [2.24, 2.45) is 0 Å². The van der Waals surface area contributed by atoms with E-state index in [2.05, 4.69) is 16.0 Å². The summed E-state index contributed by atoms with van der Waals surface area (Å²) in [5, 5.41) is 8.43. The number of halogens is 1. The molecule has 0 aromatic heterocycles. The van der Waals surface area contributed by atoms with Crippen molar-refractivity contribution in [3.63, 3.8) is 0 Å². The number of hydrogen-bond acceptors (Lipinski definition) is 3. The van der Waals surface area contributed by atoms with Crippen molar-refractivity contribution in [3.8, 4) is 5.75 Å². The molecule has 3 N–H and O–H groups in total. The van der Waals surface area contributed by atoms with E-state index in [0.29, 0.717) is 23.7 Å². The van der Waals surface area contributed by atoms with Crippen molar-refractivity contribution in [2.45, 2.75) is 31.1 Å². The number of benzene rings is 2. The van der Waals surface area contributed by atoms with E-state index in [4.69, 9.17) is 4.74 Å². The van der Waals surface area contributed by atoms with Crippen LogP contribution in [0.2, 0.25) is 0 Å². The number of ether oxygens (including phenoxy) is 1. The molecule has 28 heavy (non-hydrogen) atoms. The highest BCUT2D eigenvalue weighted by molar-refractivity contribution is 5.96. The van der Waals surface area contributed by atoms with Crippen molar-refractivity contribution >= 4 is 23.3 Å². The fourth-order valence-corrected chi connectivity index (χ4v) is 4.01. The van der Waals surface area contributed by atoms with Gasteiger partial charge in [0.1, 0.15) is 11.6 Å². The van der Waals surface area contributed by atoms with Gasteiger partial charge in [-0.3, -0.25) is 4.79 Å². The Morgan fingerprint density at radius 2 is 2.00 bits per heavy atom. The van der Waals surface area contributed by atoms with Crippen LogP contribution in [0.5, 0.6) is 5.75 Å². The lowest BCUT2D eigenvalue weighted by Gasteiger charge is -2.30. The van der Waals surface area contributed by atoms with Crippen molar-refractivity contribution in [2.75, 3.05) is 23.8 Å². The van der Waals surface area contributed by atoms with Gasteiger partial charge in [-0.15, -0.1) is 0 Å². The standard InChI is InChI=1S/C21H22FN3O3/c22-15-5-3-4-14(10-15)21(8-1-2-9-21)13-23-20(27)24-16-6-7-17-18(11-16)28-12-19(26)25-17/h3-7,10-11H,1-2,8-9,12-13H2,(H,25,26)(H2,23,24,27). The van der Waals surface area contributed by atoms with E-state index in [-0.39, 0.29) is 29.8 Å². The maximum atomic E-state index is 13.7. The third-order valence-corrected chi connectivity index (χ3v) is 5.46. The Balaban J connectivity index is 1.41. The summed E-state index contributed by atoms with van der Waals surface area (Å²) in [5.74, 6) is 0.0592. The Labute approximate surface area is 162 Å². The molecule has 7 heteroatoms. The molecule has 0 radical (unpaired) electrons. The van der Waals surface area contributed by atoms with Crippen LogP contribution in [0.3, 0.4) is 0 Å². The van der Waals surface area contributed by atoms with Gasteiger partial charge in [0.15, 0.2) is 6.61 Å². The van der Waals surface area contributed by atoms with Gasteiger partial charge in [-0.1, -0.05) is 25.0 Å². The molecule has 0 atom stereocenters. The molecule has 1 heterocycles. The lowest BCUT2D eigenvalue weighted by Crippen LogP contribution is -2.41. The van der Waals surface area contributed by atoms with Gasteiger partial charge in [0.2, 0.25) is 0 Å². The molecular formula is C21H22FN3O3. The maximum Gasteiger partial charge on any atom is 0.319 e. The number of urea groups is 1. The van der Waals surface area contributed by atoms with E-state index in [1.807, 2.05) is 6.07 Å². The van der Waals surface area contributed by atoms with Crippen molar-refractivity contribution in [1.29, 1.82) is 0 Å². The van der Waals surface area contributed by atoms with Gasteiger partial charge < -0.3 is 20.7 Å². The first-order chi connectivity index (χ1) is 13.5. The van der Waals surface area contributed by atoms with Crippen LogP contribution in [-0.4, -0.2) is 25.1 Å². The van der Waals surface area contributed by atoms with Gasteiger partial charge in [-0.25, -0.2) is 9.18 Å². The van der Waals surface area contributed by atoms with Gasteiger partial charge in [0.05, 0.1) is 5.69 Å². The molecule has 4 rings (SSSR count). The van der Waals surface area contributed by atoms with Crippen LogP contribution < -0.4 is 20.7 Å². The van der Waals surface area contributed by atoms with Crippen LogP contribution in [0, 0.1) is 5.82 Å². The number of amides is 3. The van der Waals surface area contributed by atoms with Gasteiger partial charge in [0, 0.05) is 23.7 Å². The van der Waals surface area contributed by atoms with E-state index in [1.165, 1.54) is 6.07 Å². The van der Waals surface area contributed by atoms with Crippen LogP contribution in [0.25, 0.3) is 0 Å². The maximum absolute atomic E-state index is 13.7. The lowest BCUT2D eigenvalue weighted by molar-refractivity contribution is -0.118. The van der Waals surface area contributed by atoms with Gasteiger partial charge in [-0.2, -0.15) is 0 Å². The van der Waals surface area contributed by atoms with E-state index in [1.54, 1.807) is 30.3 Å². The molecule has 146 valence electrons. The zero-order valence-electron chi connectivity index (χ0n) is 15.4. The number of carbonyl (C=O) groups is 2. The van der Waals surface area contributed by atoms with Crippen molar-refractivity contribution in [3.05, 3.63) is 53.8 Å². The average molecular weight is 383 g/mol. The molecule has 1 aliphatic heterocycles. The predicted octanol–water partition coefficient (Wildman–Crippen LogP) is 3.79. The molecule has 2 aromatic rings. The molecule has 0 spiro atoms. The first-order valence-electron chi connectivity index (χ1n) is 9.42. The van der Waals surface area contributed by atoms with Crippen molar-refractivity contribution in [1.82, 2.24) is 5.32 Å². The Hall–Kier alpha value is -3.09. The topological polar surface area (TPSA) is 79.5 Å². The van der Waals surface area contributed by atoms with E-state index in [9.17, 15) is 14.0 Å². The van der Waals surface area contributed by atoms with Gasteiger partial charge in [0.25, 0.3) is 5.91 Å². The second-order valence-corrected chi connectivity index (χ2v) is 7.35. The molecule has 2 aliphatic rings. The van der Waals surface area contributed by atoms with E-state index in [0.717, 1.165) is 31.2 Å². The zero-order valence-corrected chi connectivity index (χ0v) is 15.4. The number of anilines is 2. The fourth-order valence-electron chi connectivity index (χ4n) is 4.01. The Bertz CT molecular complexity index is 910. The Kier molecular flexibility index (Phi) is 4.90. The zero-order chi connectivity index (χ0) is 19.6. The lowest BCUT2D eigenvalue weighted by atomic mass is 9.79. The molecule has 2 aromatic carbocycles. The number of hydrogen-bond donors (Lipinski definition) is 3. The minimum absolute atomic E-state index is 0.0429. The average Bonchev–Trinajstić information content (AvgIpc) is 3.17. The van der Waals surface area contributed by atoms with Gasteiger partial charge in [-0.05, 0) is 42.7 Å². The fraction of sp³-hybridized carbons (Fsp3) is 0.333. The summed E-state index contributed by atoms with van der Waals surface area (Å²) in [4.78, 5) is 23.8. The summed E-state index contributed by atoms with van der Waals surface area (Å²) in [6.45, 7) is 0.401. The molecule has 0 bridgehead atoms. The monoisotopic (exact) mass is 383 g/mol. The first-order valence-corrected chi connectivity index (χ1v) is 9.42. The molecular weight excluding hydrogens is 361 g/mol. The Morgan fingerprint density at radius 1 is 1.18 bits per heavy atom. The first kappa shape index (κ1) is 18.3. The molecule has 6 nitrogen and oxygen atoms in total. The number of fused-ring (bicyclic) bond motifs is 1. The van der Waals surface area contributed by atoms with Crippen LogP contribution in [-0.2, 0) is 10.2 Å². The summed E-state index contributed by atoms with van der Waals surface area (Å²) in [6, 6.07) is 11.4. The molecule has 3 amide bonds. The molecule has 1 fully saturated rings. The summed E-state index contributed by atoms with van der Waals surface area (Å²) in [7, 11) is 0. The highest BCUT2D eigenvalue weighted by Crippen LogP contribution is 2.40. The van der Waals surface area contributed by atoms with Gasteiger partial charge >= 0.3 is 6.03 Å². The van der Waals surface area contributed by atoms with Crippen LogP contribution in [0.4, 0.5) is 20.6 Å². The third-order valence-electron chi connectivity index (χ3n) is 5.46. The smallest absolute Gasteiger partial charge is 0.319 e. The number of rotatable bonds is 4. The highest BCUT2D eigenvalue weighted by atomic mass is 19.1. The summed E-state index contributed by atoms with van der Waals surface area (Å²) < 4.78 is 19.1. The molecule has 1 saturated carbocycles. The molecule has 0 unspecified atom stereocenters. The number of carbonyl (C=O) groups excluding carboxylic acids is 2. The summed E-state index contributed by atoms with van der Waals surface area (Å²) in [5.41, 5.74) is 1.85. The molecule has 1 aliphatic carbocycles. The number of nitrogens with one attached hydrogen (secondary N) is 3. The van der Waals surface area contributed by atoms with Crippen LogP contribution in [0.15, 0.2) is 42.5 Å². The van der Waals surface area contributed by atoms with E-state index < -0.39 is 0 Å². The van der Waals surface area contributed by atoms with Crippen LogP contribution >= 0.6 is 0 Å². The SMILES string of the molecule is O=C1COc2cc(NC(=O)NCC3(c4cccc(F)c4)CCCC3)ccc2N1. The molecule has 0 saturated heterocycles. The van der Waals surface area contributed by atoms with E-state index >= 15 is 0 Å². The predicted molar refractivity (Wildman–Crippen MR) is 104 cm³/mol. The van der Waals surface area contributed by atoms with Crippen molar-refractivity contribution < 1.29 is 18.7 Å². The summed E-state index contributed by atoms with van der Waals surface area (Å²) >= 11 is 0. The second kappa shape index (κ2) is 7.50. The minimum atomic E-state index is -0.331. The van der Waals surface area contributed by atoms with Crippen LogP contribution in [0.1, 0.15) is 31.2 Å².